The third kappa shape index (κ3) is 4.27. The van der Waals surface area contributed by atoms with Gasteiger partial charge in [-0.2, -0.15) is 0 Å². The minimum Gasteiger partial charge on any atom is -0.356 e. The lowest BCUT2D eigenvalue weighted by molar-refractivity contribution is -0.128. The second-order valence-corrected chi connectivity index (χ2v) is 6.90. The van der Waals surface area contributed by atoms with Crippen molar-refractivity contribution in [2.45, 2.75) is 53.4 Å². The smallest absolute Gasteiger partial charge is 0.223 e. The molecule has 3 unspecified atom stereocenters. The van der Waals surface area contributed by atoms with Crippen LogP contribution in [0, 0.1) is 23.2 Å². The van der Waals surface area contributed by atoms with E-state index in [9.17, 15) is 4.79 Å². The monoisotopic (exact) mass is 254 g/mol. The number of nitrogens with one attached hydrogen (secondary N) is 1. The van der Waals surface area contributed by atoms with Gasteiger partial charge in [0.25, 0.3) is 0 Å². The Morgan fingerprint density at radius 1 is 1.33 bits per heavy atom. The average molecular weight is 254 g/mol. The minimum absolute atomic E-state index is 0.149. The first kappa shape index (κ1) is 15.5. The third-order valence-electron chi connectivity index (χ3n) is 4.61. The first-order chi connectivity index (χ1) is 8.36. The summed E-state index contributed by atoms with van der Waals surface area (Å²) in [4.78, 5) is 12.2. The minimum atomic E-state index is 0.149. The number of carbonyl (C=O) groups is 1. The van der Waals surface area contributed by atoms with Gasteiger partial charge in [0, 0.05) is 12.5 Å². The van der Waals surface area contributed by atoms with Crippen LogP contribution in [0.15, 0.2) is 0 Å². The lowest BCUT2D eigenvalue weighted by Gasteiger charge is -2.31. The molecule has 1 fully saturated rings. The van der Waals surface area contributed by atoms with Crippen molar-refractivity contribution in [2.75, 3.05) is 13.1 Å². The van der Waals surface area contributed by atoms with Crippen LogP contribution < -0.4 is 11.1 Å². The van der Waals surface area contributed by atoms with Crippen LogP contribution in [0.4, 0.5) is 0 Å². The van der Waals surface area contributed by atoms with Gasteiger partial charge in [-0.1, -0.05) is 40.5 Å². The van der Waals surface area contributed by atoms with E-state index >= 15 is 0 Å². The largest absolute Gasteiger partial charge is 0.356 e. The Labute approximate surface area is 112 Å². The summed E-state index contributed by atoms with van der Waals surface area (Å²) in [5.74, 6) is 1.25. The molecule has 1 saturated carbocycles. The van der Waals surface area contributed by atoms with Crippen LogP contribution in [0.3, 0.4) is 0 Å². The number of hydrogen-bond donors (Lipinski definition) is 2. The predicted molar refractivity (Wildman–Crippen MR) is 76.1 cm³/mol. The SMILES string of the molecule is CC(CNC(=O)C1CCCCC1CN)C(C)(C)C. The van der Waals surface area contributed by atoms with Gasteiger partial charge in [-0.05, 0) is 36.6 Å². The maximum Gasteiger partial charge on any atom is 0.223 e. The van der Waals surface area contributed by atoms with E-state index in [1.54, 1.807) is 0 Å². The van der Waals surface area contributed by atoms with E-state index in [0.717, 1.165) is 19.4 Å². The molecule has 1 amide bonds. The second-order valence-electron chi connectivity index (χ2n) is 6.90. The highest BCUT2D eigenvalue weighted by molar-refractivity contribution is 5.79. The fourth-order valence-electron chi connectivity index (χ4n) is 2.53. The third-order valence-corrected chi connectivity index (χ3v) is 4.61. The zero-order valence-corrected chi connectivity index (χ0v) is 12.5. The zero-order valence-electron chi connectivity index (χ0n) is 12.5. The van der Waals surface area contributed by atoms with Gasteiger partial charge in [0.05, 0.1) is 0 Å². The van der Waals surface area contributed by atoms with Crippen LogP contribution in [0.5, 0.6) is 0 Å². The number of rotatable bonds is 4. The number of carbonyl (C=O) groups excluding carboxylic acids is 1. The fourth-order valence-corrected chi connectivity index (χ4v) is 2.53. The Morgan fingerprint density at radius 3 is 2.50 bits per heavy atom. The van der Waals surface area contributed by atoms with Crippen molar-refractivity contribution in [3.05, 3.63) is 0 Å². The van der Waals surface area contributed by atoms with Crippen molar-refractivity contribution >= 4 is 5.91 Å². The van der Waals surface area contributed by atoms with Gasteiger partial charge in [-0.15, -0.1) is 0 Å². The molecule has 106 valence electrons. The first-order valence-corrected chi connectivity index (χ1v) is 7.34. The highest BCUT2D eigenvalue weighted by Gasteiger charge is 2.30. The van der Waals surface area contributed by atoms with Gasteiger partial charge in [-0.3, -0.25) is 4.79 Å². The molecule has 3 atom stereocenters. The molecule has 0 bridgehead atoms. The summed E-state index contributed by atoms with van der Waals surface area (Å²) in [5.41, 5.74) is 6.02. The van der Waals surface area contributed by atoms with Crippen molar-refractivity contribution in [1.82, 2.24) is 5.32 Å². The van der Waals surface area contributed by atoms with Crippen molar-refractivity contribution < 1.29 is 4.79 Å². The first-order valence-electron chi connectivity index (χ1n) is 7.34. The molecule has 3 nitrogen and oxygen atoms in total. The molecule has 0 radical (unpaired) electrons. The average Bonchev–Trinajstić information content (AvgIpc) is 2.34. The number of hydrogen-bond acceptors (Lipinski definition) is 2. The van der Waals surface area contributed by atoms with E-state index in [0.29, 0.717) is 18.4 Å². The van der Waals surface area contributed by atoms with Crippen LogP contribution in [0.25, 0.3) is 0 Å². The summed E-state index contributed by atoms with van der Waals surface area (Å²) in [5, 5.41) is 3.13. The van der Waals surface area contributed by atoms with Gasteiger partial charge < -0.3 is 11.1 Å². The molecule has 0 heterocycles. The molecule has 3 heteroatoms. The topological polar surface area (TPSA) is 55.1 Å². The molecule has 0 aromatic rings. The summed E-state index contributed by atoms with van der Waals surface area (Å²) in [6.45, 7) is 10.3. The maximum absolute atomic E-state index is 12.2. The summed E-state index contributed by atoms with van der Waals surface area (Å²) in [7, 11) is 0. The Balaban J connectivity index is 2.44. The maximum atomic E-state index is 12.2. The summed E-state index contributed by atoms with van der Waals surface area (Å²) >= 11 is 0. The van der Waals surface area contributed by atoms with Crippen molar-refractivity contribution in [3.63, 3.8) is 0 Å². The van der Waals surface area contributed by atoms with Gasteiger partial charge in [0.1, 0.15) is 0 Å². The summed E-state index contributed by atoms with van der Waals surface area (Å²) < 4.78 is 0. The summed E-state index contributed by atoms with van der Waals surface area (Å²) in [6, 6.07) is 0. The van der Waals surface area contributed by atoms with E-state index in [-0.39, 0.29) is 17.2 Å². The highest BCUT2D eigenvalue weighted by Crippen LogP contribution is 2.30. The quantitative estimate of drug-likeness (QED) is 0.810. The Morgan fingerprint density at radius 2 is 1.94 bits per heavy atom. The van der Waals surface area contributed by atoms with Crippen LogP contribution in [0.2, 0.25) is 0 Å². The van der Waals surface area contributed by atoms with Gasteiger partial charge in [0.2, 0.25) is 5.91 Å². The molecular weight excluding hydrogens is 224 g/mol. The summed E-state index contributed by atoms with van der Waals surface area (Å²) in [6.07, 6.45) is 4.52. The van der Waals surface area contributed by atoms with Crippen LogP contribution >= 0.6 is 0 Å². The van der Waals surface area contributed by atoms with Gasteiger partial charge >= 0.3 is 0 Å². The Kier molecular flexibility index (Phi) is 5.64. The molecular formula is C15H30N2O. The molecule has 0 saturated heterocycles. The van der Waals surface area contributed by atoms with Crippen LogP contribution in [0.1, 0.15) is 53.4 Å². The lowest BCUT2D eigenvalue weighted by Crippen LogP contribution is -2.42. The van der Waals surface area contributed by atoms with E-state index in [1.807, 2.05) is 0 Å². The molecule has 1 aliphatic carbocycles. The van der Waals surface area contributed by atoms with Gasteiger partial charge in [-0.25, -0.2) is 0 Å². The van der Waals surface area contributed by atoms with E-state index in [2.05, 4.69) is 33.0 Å². The fraction of sp³-hybridized carbons (Fsp3) is 0.933. The number of amides is 1. The van der Waals surface area contributed by atoms with E-state index in [4.69, 9.17) is 5.73 Å². The van der Waals surface area contributed by atoms with Crippen LogP contribution in [-0.4, -0.2) is 19.0 Å². The molecule has 0 aromatic carbocycles. The molecule has 0 aliphatic heterocycles. The molecule has 0 spiro atoms. The Bertz CT molecular complexity index is 270. The van der Waals surface area contributed by atoms with Crippen molar-refractivity contribution in [3.8, 4) is 0 Å². The van der Waals surface area contributed by atoms with Crippen molar-refractivity contribution in [2.24, 2.45) is 28.9 Å². The normalized spacial score (nSPS) is 26.7. The standard InChI is InChI=1S/C15H30N2O/c1-11(15(2,3)4)10-17-14(18)13-8-6-5-7-12(13)9-16/h11-13H,5-10,16H2,1-4H3,(H,17,18). The Hall–Kier alpha value is -0.570. The second kappa shape index (κ2) is 6.55. The lowest BCUT2D eigenvalue weighted by atomic mass is 9.78. The highest BCUT2D eigenvalue weighted by atomic mass is 16.1. The predicted octanol–water partition coefficient (Wildman–Crippen LogP) is 2.55. The molecule has 3 N–H and O–H groups in total. The molecule has 18 heavy (non-hydrogen) atoms. The van der Waals surface area contributed by atoms with Gasteiger partial charge in [0.15, 0.2) is 0 Å². The zero-order chi connectivity index (χ0) is 13.8. The molecule has 0 aromatic heterocycles. The molecule has 1 aliphatic rings. The molecule has 1 rings (SSSR count). The van der Waals surface area contributed by atoms with Crippen molar-refractivity contribution in [1.29, 1.82) is 0 Å². The van der Waals surface area contributed by atoms with E-state index < -0.39 is 0 Å². The van der Waals surface area contributed by atoms with Crippen LogP contribution in [-0.2, 0) is 4.79 Å². The number of nitrogens with two attached hydrogens (primary N) is 1. The van der Waals surface area contributed by atoms with E-state index in [1.165, 1.54) is 12.8 Å².